The summed E-state index contributed by atoms with van der Waals surface area (Å²) >= 11 is 0. The SMILES string of the molecule is O=C(O)Nc1cc(-c2cncc3c2ccn3S(=O)(=O)c2ccccc2)ccn1. The highest BCUT2D eigenvalue weighted by molar-refractivity contribution is 7.90. The third-order valence-corrected chi connectivity index (χ3v) is 5.89. The second-order valence-electron chi connectivity index (χ2n) is 5.91. The van der Waals surface area contributed by atoms with Gasteiger partial charge in [0.05, 0.1) is 16.6 Å². The molecule has 0 unspecified atom stereocenters. The molecular formula is C19H14N4O4S. The van der Waals surface area contributed by atoms with E-state index in [1.807, 2.05) is 0 Å². The summed E-state index contributed by atoms with van der Waals surface area (Å²) in [5.74, 6) is 0.165. The zero-order valence-corrected chi connectivity index (χ0v) is 15.2. The van der Waals surface area contributed by atoms with Crippen LogP contribution in [0.1, 0.15) is 0 Å². The van der Waals surface area contributed by atoms with Crippen LogP contribution in [0.25, 0.3) is 22.0 Å². The Morgan fingerprint density at radius 3 is 2.61 bits per heavy atom. The molecule has 0 saturated heterocycles. The van der Waals surface area contributed by atoms with Crippen LogP contribution in [0.15, 0.2) is 78.2 Å². The molecule has 2 N–H and O–H groups in total. The summed E-state index contributed by atoms with van der Waals surface area (Å²) in [4.78, 5) is 19.2. The number of aromatic nitrogens is 3. The molecule has 1 aromatic carbocycles. The highest BCUT2D eigenvalue weighted by atomic mass is 32.2. The maximum Gasteiger partial charge on any atom is 0.410 e. The van der Waals surface area contributed by atoms with E-state index in [0.717, 1.165) is 0 Å². The lowest BCUT2D eigenvalue weighted by molar-refractivity contribution is 0.209. The summed E-state index contributed by atoms with van der Waals surface area (Å²) in [5.41, 5.74) is 1.74. The number of nitrogens with zero attached hydrogens (tertiary/aromatic N) is 3. The summed E-state index contributed by atoms with van der Waals surface area (Å²) in [6.45, 7) is 0. The summed E-state index contributed by atoms with van der Waals surface area (Å²) in [6.07, 6.45) is 4.81. The molecule has 28 heavy (non-hydrogen) atoms. The molecule has 0 fully saturated rings. The van der Waals surface area contributed by atoms with Crippen molar-refractivity contribution >= 4 is 32.8 Å². The van der Waals surface area contributed by atoms with Gasteiger partial charge in [-0.2, -0.15) is 0 Å². The van der Waals surface area contributed by atoms with Crippen molar-refractivity contribution in [2.75, 3.05) is 5.32 Å². The number of carbonyl (C=O) groups is 1. The Morgan fingerprint density at radius 1 is 1.07 bits per heavy atom. The van der Waals surface area contributed by atoms with E-state index in [1.54, 1.807) is 42.6 Å². The normalized spacial score (nSPS) is 11.4. The molecule has 0 spiro atoms. The van der Waals surface area contributed by atoms with Crippen molar-refractivity contribution in [2.45, 2.75) is 4.90 Å². The van der Waals surface area contributed by atoms with E-state index in [9.17, 15) is 13.2 Å². The van der Waals surface area contributed by atoms with E-state index >= 15 is 0 Å². The third kappa shape index (κ3) is 3.08. The van der Waals surface area contributed by atoms with Gasteiger partial charge in [-0.1, -0.05) is 18.2 Å². The number of carboxylic acid groups (broad SMARTS) is 1. The Bertz CT molecular complexity index is 1280. The number of benzene rings is 1. The van der Waals surface area contributed by atoms with Crippen LogP contribution in [0, 0.1) is 0 Å². The van der Waals surface area contributed by atoms with E-state index in [2.05, 4.69) is 15.3 Å². The number of fused-ring (bicyclic) bond motifs is 1. The number of hydrogen-bond acceptors (Lipinski definition) is 5. The molecule has 0 radical (unpaired) electrons. The third-order valence-electron chi connectivity index (χ3n) is 4.19. The molecular weight excluding hydrogens is 380 g/mol. The van der Waals surface area contributed by atoms with Gasteiger partial charge in [-0.3, -0.25) is 10.3 Å². The van der Waals surface area contributed by atoms with E-state index < -0.39 is 16.1 Å². The largest absolute Gasteiger partial charge is 0.465 e. The first-order valence-corrected chi connectivity index (χ1v) is 9.63. The van der Waals surface area contributed by atoms with Crippen LogP contribution in [0.5, 0.6) is 0 Å². The lowest BCUT2D eigenvalue weighted by Crippen LogP contribution is -2.11. The highest BCUT2D eigenvalue weighted by Gasteiger charge is 2.20. The minimum atomic E-state index is -3.77. The van der Waals surface area contributed by atoms with Crippen molar-refractivity contribution in [2.24, 2.45) is 0 Å². The zero-order chi connectivity index (χ0) is 19.7. The van der Waals surface area contributed by atoms with Gasteiger partial charge in [-0.15, -0.1) is 0 Å². The minimum Gasteiger partial charge on any atom is -0.465 e. The summed E-state index contributed by atoms with van der Waals surface area (Å²) in [6, 6.07) is 13.1. The van der Waals surface area contributed by atoms with Crippen LogP contribution in [0.3, 0.4) is 0 Å². The number of nitrogens with one attached hydrogen (secondary N) is 1. The molecule has 0 saturated carbocycles. The standard InChI is InChI=1S/C19H14N4O4S/c24-19(25)22-18-10-13(6-8-21-18)16-11-20-12-17-15(16)7-9-23(17)28(26,27)14-4-2-1-3-5-14/h1-12H,(H,21,22)(H,24,25). The number of amides is 1. The van der Waals surface area contributed by atoms with Crippen LogP contribution in [-0.4, -0.2) is 33.6 Å². The predicted octanol–water partition coefficient (Wildman–Crippen LogP) is 3.43. The monoisotopic (exact) mass is 394 g/mol. The van der Waals surface area contributed by atoms with Gasteiger partial charge in [0, 0.05) is 29.5 Å². The molecule has 0 bridgehead atoms. The molecule has 4 rings (SSSR count). The second kappa shape index (κ2) is 6.78. The molecule has 0 atom stereocenters. The Morgan fingerprint density at radius 2 is 1.86 bits per heavy atom. The van der Waals surface area contributed by atoms with Crippen LogP contribution in [-0.2, 0) is 10.0 Å². The Hall–Kier alpha value is -3.72. The average Bonchev–Trinajstić information content (AvgIpc) is 3.13. The molecule has 140 valence electrons. The molecule has 4 aromatic rings. The van der Waals surface area contributed by atoms with Crippen molar-refractivity contribution in [3.63, 3.8) is 0 Å². The lowest BCUT2D eigenvalue weighted by Gasteiger charge is -2.09. The number of anilines is 1. The zero-order valence-electron chi connectivity index (χ0n) is 14.4. The van der Waals surface area contributed by atoms with Gasteiger partial charge in [0.2, 0.25) is 0 Å². The van der Waals surface area contributed by atoms with Crippen LogP contribution in [0.4, 0.5) is 10.6 Å². The fourth-order valence-electron chi connectivity index (χ4n) is 2.95. The van der Waals surface area contributed by atoms with E-state index in [4.69, 9.17) is 5.11 Å². The van der Waals surface area contributed by atoms with Gasteiger partial charge >= 0.3 is 6.09 Å². The van der Waals surface area contributed by atoms with Crippen LogP contribution >= 0.6 is 0 Å². The Labute approximate surface area is 160 Å². The smallest absolute Gasteiger partial charge is 0.410 e. The number of hydrogen-bond donors (Lipinski definition) is 2. The van der Waals surface area contributed by atoms with E-state index in [-0.39, 0.29) is 10.7 Å². The average molecular weight is 394 g/mol. The highest BCUT2D eigenvalue weighted by Crippen LogP contribution is 2.31. The van der Waals surface area contributed by atoms with Gasteiger partial charge in [-0.05, 0) is 35.9 Å². The summed E-state index contributed by atoms with van der Waals surface area (Å²) in [5, 5.41) is 11.7. The fraction of sp³-hybridized carbons (Fsp3) is 0. The van der Waals surface area contributed by atoms with Crippen molar-refractivity contribution in [1.29, 1.82) is 0 Å². The molecule has 0 aliphatic rings. The van der Waals surface area contributed by atoms with Crippen LogP contribution < -0.4 is 5.32 Å². The molecule has 1 amide bonds. The van der Waals surface area contributed by atoms with Gasteiger partial charge in [0.25, 0.3) is 10.0 Å². The van der Waals surface area contributed by atoms with Gasteiger partial charge in [0.15, 0.2) is 0 Å². The summed E-state index contributed by atoms with van der Waals surface area (Å²) in [7, 11) is -3.77. The second-order valence-corrected chi connectivity index (χ2v) is 7.72. The van der Waals surface area contributed by atoms with E-state index in [1.165, 1.54) is 34.7 Å². The Balaban J connectivity index is 1.86. The molecule has 9 heteroatoms. The van der Waals surface area contributed by atoms with Crippen molar-refractivity contribution < 1.29 is 18.3 Å². The first-order valence-electron chi connectivity index (χ1n) is 8.19. The molecule has 3 aromatic heterocycles. The quantitative estimate of drug-likeness (QED) is 0.548. The first kappa shape index (κ1) is 17.7. The summed E-state index contributed by atoms with van der Waals surface area (Å²) < 4.78 is 27.2. The fourth-order valence-corrected chi connectivity index (χ4v) is 4.31. The van der Waals surface area contributed by atoms with Crippen molar-refractivity contribution in [3.8, 4) is 11.1 Å². The van der Waals surface area contributed by atoms with Gasteiger partial charge in [0.1, 0.15) is 5.82 Å². The molecule has 0 aliphatic heterocycles. The topological polar surface area (TPSA) is 114 Å². The van der Waals surface area contributed by atoms with E-state index in [0.29, 0.717) is 22.0 Å². The molecule has 8 nitrogen and oxygen atoms in total. The first-order chi connectivity index (χ1) is 13.5. The Kier molecular flexibility index (Phi) is 4.28. The molecule has 0 aliphatic carbocycles. The maximum atomic E-state index is 13.0. The number of pyridine rings is 2. The molecule has 3 heterocycles. The van der Waals surface area contributed by atoms with Gasteiger partial charge in [-0.25, -0.2) is 22.2 Å². The minimum absolute atomic E-state index is 0.165. The lowest BCUT2D eigenvalue weighted by atomic mass is 10.1. The number of rotatable bonds is 4. The predicted molar refractivity (Wildman–Crippen MR) is 104 cm³/mol. The van der Waals surface area contributed by atoms with Crippen LogP contribution in [0.2, 0.25) is 0 Å². The van der Waals surface area contributed by atoms with Crippen molar-refractivity contribution in [1.82, 2.24) is 13.9 Å². The maximum absolute atomic E-state index is 13.0. The van der Waals surface area contributed by atoms with Crippen molar-refractivity contribution in [3.05, 3.63) is 73.3 Å². The van der Waals surface area contributed by atoms with Gasteiger partial charge < -0.3 is 5.11 Å².